The summed E-state index contributed by atoms with van der Waals surface area (Å²) < 4.78 is 10.9. The molecule has 0 aliphatic heterocycles. The molecule has 0 saturated heterocycles. The van der Waals surface area contributed by atoms with E-state index in [9.17, 15) is 0 Å². The second-order valence-electron chi connectivity index (χ2n) is 5.99. The quantitative estimate of drug-likeness (QED) is 0.605. The fourth-order valence-corrected chi connectivity index (χ4v) is 3.00. The zero-order chi connectivity index (χ0) is 19.4. The molecule has 10 heteroatoms. The first-order chi connectivity index (χ1) is 12.9. The van der Waals surface area contributed by atoms with Crippen molar-refractivity contribution in [2.24, 2.45) is 0 Å². The van der Waals surface area contributed by atoms with E-state index in [1.54, 1.807) is 12.0 Å². The van der Waals surface area contributed by atoms with Gasteiger partial charge < -0.3 is 19.8 Å². The summed E-state index contributed by atoms with van der Waals surface area (Å²) >= 11 is 1.38. The van der Waals surface area contributed by atoms with Crippen LogP contribution in [0.1, 0.15) is 29.5 Å². The summed E-state index contributed by atoms with van der Waals surface area (Å²) in [4.78, 5) is 14.5. The van der Waals surface area contributed by atoms with Crippen molar-refractivity contribution in [3.8, 4) is 5.75 Å². The van der Waals surface area contributed by atoms with Crippen LogP contribution in [0.3, 0.4) is 0 Å². The Balaban J connectivity index is 1.68. The van der Waals surface area contributed by atoms with Gasteiger partial charge in [0.1, 0.15) is 11.6 Å². The van der Waals surface area contributed by atoms with Crippen molar-refractivity contribution in [2.45, 2.75) is 23.8 Å². The first-order valence-corrected chi connectivity index (χ1v) is 9.13. The lowest BCUT2D eigenvalue weighted by Crippen LogP contribution is -2.16. The minimum absolute atomic E-state index is 0.122. The maximum atomic E-state index is 5.78. The second kappa shape index (κ2) is 8.21. The summed E-state index contributed by atoms with van der Waals surface area (Å²) in [7, 11) is 5.33. The van der Waals surface area contributed by atoms with Crippen molar-refractivity contribution in [2.75, 3.05) is 31.8 Å². The molecule has 3 rings (SSSR count). The lowest BCUT2D eigenvalue weighted by atomic mass is 10.1. The average molecular weight is 387 g/mol. The number of rotatable bonds is 7. The molecule has 27 heavy (non-hydrogen) atoms. The molecule has 0 saturated carbocycles. The third-order valence-corrected chi connectivity index (χ3v) is 4.59. The number of nitrogens with zero attached hydrogens (tertiary/aromatic N) is 6. The van der Waals surface area contributed by atoms with E-state index in [0.717, 1.165) is 11.3 Å². The van der Waals surface area contributed by atoms with Crippen LogP contribution in [-0.2, 0) is 6.42 Å². The van der Waals surface area contributed by atoms with Crippen LogP contribution in [0.2, 0.25) is 0 Å². The van der Waals surface area contributed by atoms with Gasteiger partial charge in [-0.3, -0.25) is 0 Å². The molecule has 0 radical (unpaired) electrons. The van der Waals surface area contributed by atoms with Crippen molar-refractivity contribution in [3.63, 3.8) is 0 Å². The van der Waals surface area contributed by atoms with E-state index < -0.39 is 0 Å². The molecular formula is C17H21N7O2S. The van der Waals surface area contributed by atoms with Gasteiger partial charge in [0.2, 0.25) is 17.8 Å². The average Bonchev–Trinajstić information content (AvgIpc) is 3.08. The number of anilines is 2. The fraction of sp³-hybridized carbons (Fsp3) is 0.353. The summed E-state index contributed by atoms with van der Waals surface area (Å²) in [6.45, 7) is 1.95. The highest BCUT2D eigenvalue weighted by atomic mass is 32.2. The van der Waals surface area contributed by atoms with Crippen molar-refractivity contribution in [1.82, 2.24) is 25.1 Å². The van der Waals surface area contributed by atoms with Crippen molar-refractivity contribution >= 4 is 23.7 Å². The summed E-state index contributed by atoms with van der Waals surface area (Å²) in [5.74, 6) is 2.60. The van der Waals surface area contributed by atoms with Gasteiger partial charge in [-0.05, 0) is 24.6 Å². The second-order valence-corrected chi connectivity index (χ2v) is 7.28. The number of nitrogens with two attached hydrogens (primary N) is 1. The summed E-state index contributed by atoms with van der Waals surface area (Å²) in [6.07, 6.45) is 0.551. The number of nitrogen functional groups attached to an aromatic ring is 1. The Hall–Kier alpha value is -2.88. The van der Waals surface area contributed by atoms with Crippen LogP contribution >= 0.6 is 11.8 Å². The predicted molar refractivity (Wildman–Crippen MR) is 103 cm³/mol. The summed E-state index contributed by atoms with van der Waals surface area (Å²) in [5, 5.41) is 8.54. The molecule has 0 aliphatic rings. The zero-order valence-electron chi connectivity index (χ0n) is 15.6. The van der Waals surface area contributed by atoms with Gasteiger partial charge in [0.15, 0.2) is 0 Å². The fourth-order valence-electron chi connectivity index (χ4n) is 2.26. The molecule has 2 N–H and O–H groups in total. The molecule has 3 aromatic rings. The highest BCUT2D eigenvalue weighted by Gasteiger charge is 2.18. The minimum Gasteiger partial charge on any atom is -0.497 e. The summed E-state index contributed by atoms with van der Waals surface area (Å²) in [5.41, 5.74) is 6.84. The van der Waals surface area contributed by atoms with Gasteiger partial charge in [0, 0.05) is 14.1 Å². The lowest BCUT2D eigenvalue weighted by molar-refractivity contribution is 0.413. The van der Waals surface area contributed by atoms with Crippen LogP contribution in [0.4, 0.5) is 11.9 Å². The molecule has 2 heterocycles. The number of methoxy groups -OCH3 is 1. The Labute approximate surface area is 161 Å². The van der Waals surface area contributed by atoms with Crippen LogP contribution in [0.15, 0.2) is 33.9 Å². The van der Waals surface area contributed by atoms with Gasteiger partial charge in [0.25, 0.3) is 5.22 Å². The van der Waals surface area contributed by atoms with Crippen LogP contribution in [-0.4, -0.2) is 46.4 Å². The van der Waals surface area contributed by atoms with E-state index in [1.807, 2.05) is 45.3 Å². The largest absolute Gasteiger partial charge is 0.497 e. The van der Waals surface area contributed by atoms with Crippen LogP contribution in [0.5, 0.6) is 5.75 Å². The number of hydrogen-bond donors (Lipinski definition) is 1. The predicted octanol–water partition coefficient (Wildman–Crippen LogP) is 2.36. The lowest BCUT2D eigenvalue weighted by Gasteiger charge is -2.13. The van der Waals surface area contributed by atoms with Crippen LogP contribution in [0.25, 0.3) is 0 Å². The van der Waals surface area contributed by atoms with Crippen molar-refractivity contribution in [1.29, 1.82) is 0 Å². The number of aromatic nitrogens is 5. The normalized spacial score (nSPS) is 12.0. The molecule has 0 spiro atoms. The minimum atomic E-state index is -0.122. The smallest absolute Gasteiger partial charge is 0.277 e. The van der Waals surface area contributed by atoms with Crippen LogP contribution in [0, 0.1) is 0 Å². The number of thioether (sulfide) groups is 1. The van der Waals surface area contributed by atoms with Crippen molar-refractivity contribution in [3.05, 3.63) is 41.5 Å². The molecule has 0 amide bonds. The van der Waals surface area contributed by atoms with E-state index >= 15 is 0 Å². The molecule has 0 bridgehead atoms. The van der Waals surface area contributed by atoms with Gasteiger partial charge in [-0.25, -0.2) is 0 Å². The third-order valence-electron chi connectivity index (χ3n) is 3.66. The van der Waals surface area contributed by atoms with Gasteiger partial charge in [-0.2, -0.15) is 15.0 Å². The standard InChI is InChI=1S/C17H21N7O2S/c1-10(14-19-15(18)21-16(20-14)24(2)3)27-17-23-22-13(26-17)9-11-5-7-12(25-4)8-6-11/h5-8,10H,9H2,1-4H3,(H2,18,19,20,21). The highest BCUT2D eigenvalue weighted by Crippen LogP contribution is 2.33. The van der Waals surface area contributed by atoms with Crippen molar-refractivity contribution < 1.29 is 9.15 Å². The molecular weight excluding hydrogens is 366 g/mol. The molecule has 0 fully saturated rings. The first kappa shape index (κ1) is 18.9. The van der Waals surface area contributed by atoms with E-state index in [4.69, 9.17) is 14.9 Å². The van der Waals surface area contributed by atoms with E-state index in [-0.39, 0.29) is 11.2 Å². The maximum absolute atomic E-state index is 5.78. The molecule has 9 nitrogen and oxygen atoms in total. The van der Waals surface area contributed by atoms with Gasteiger partial charge >= 0.3 is 0 Å². The number of hydrogen-bond acceptors (Lipinski definition) is 10. The van der Waals surface area contributed by atoms with Crippen LogP contribution < -0.4 is 15.4 Å². The monoisotopic (exact) mass is 387 g/mol. The Morgan fingerprint density at radius 1 is 1.15 bits per heavy atom. The molecule has 1 unspecified atom stereocenters. The van der Waals surface area contributed by atoms with E-state index in [1.165, 1.54) is 11.8 Å². The Morgan fingerprint density at radius 2 is 1.89 bits per heavy atom. The summed E-state index contributed by atoms with van der Waals surface area (Å²) in [6, 6.07) is 7.73. The third kappa shape index (κ3) is 4.85. The maximum Gasteiger partial charge on any atom is 0.277 e. The van der Waals surface area contributed by atoms with E-state index in [0.29, 0.717) is 29.3 Å². The molecule has 2 aromatic heterocycles. The van der Waals surface area contributed by atoms with Gasteiger partial charge in [0.05, 0.1) is 18.8 Å². The highest BCUT2D eigenvalue weighted by molar-refractivity contribution is 7.99. The zero-order valence-corrected chi connectivity index (χ0v) is 16.4. The molecule has 1 atom stereocenters. The SMILES string of the molecule is COc1ccc(Cc2nnc(SC(C)c3nc(N)nc(N(C)C)n3)o2)cc1. The molecule has 142 valence electrons. The molecule has 0 aliphatic carbocycles. The number of benzene rings is 1. The topological polar surface area (TPSA) is 116 Å². The van der Waals surface area contributed by atoms with Gasteiger partial charge in [-0.1, -0.05) is 23.9 Å². The Bertz CT molecular complexity index is 899. The molecule has 1 aromatic carbocycles. The van der Waals surface area contributed by atoms with Gasteiger partial charge in [-0.15, -0.1) is 10.2 Å². The van der Waals surface area contributed by atoms with E-state index in [2.05, 4.69) is 25.1 Å². The first-order valence-electron chi connectivity index (χ1n) is 8.25. The Morgan fingerprint density at radius 3 is 2.56 bits per heavy atom. The Kier molecular flexibility index (Phi) is 5.75. The number of ether oxygens (including phenoxy) is 1.